The lowest BCUT2D eigenvalue weighted by Gasteiger charge is -2.23. The molecule has 2 saturated carbocycles. The third-order valence-corrected chi connectivity index (χ3v) is 5.05. The van der Waals surface area contributed by atoms with Crippen LogP contribution in [-0.2, 0) is 11.3 Å². The second kappa shape index (κ2) is 5.13. The van der Waals surface area contributed by atoms with Crippen molar-refractivity contribution in [1.82, 2.24) is 9.78 Å². The van der Waals surface area contributed by atoms with Crippen LogP contribution in [0.2, 0.25) is 0 Å². The van der Waals surface area contributed by atoms with Gasteiger partial charge in [-0.05, 0) is 38.5 Å². The first-order chi connectivity index (χ1) is 10.2. The molecule has 0 aromatic carbocycles. The molecule has 5 nitrogen and oxygen atoms in total. The molecule has 0 bridgehead atoms. The molecule has 1 spiro atoms. The molecule has 0 amide bonds. The van der Waals surface area contributed by atoms with Gasteiger partial charge < -0.3 is 10.1 Å². The van der Waals surface area contributed by atoms with Crippen molar-refractivity contribution in [3.63, 3.8) is 0 Å². The standard InChI is InChI=1S/C16H23N3O2/c20-15-9-13(18-12-3-4-12)10-17-19(15)11-14-5-8-16(21-14)6-1-2-7-16/h9-10,12,14,18H,1-8,11H2. The van der Waals surface area contributed by atoms with Crippen molar-refractivity contribution in [3.8, 4) is 0 Å². The number of ether oxygens (including phenoxy) is 1. The number of hydrogen-bond acceptors (Lipinski definition) is 4. The van der Waals surface area contributed by atoms with Gasteiger partial charge in [0, 0.05) is 12.1 Å². The summed E-state index contributed by atoms with van der Waals surface area (Å²) in [6.45, 7) is 0.588. The molecule has 3 fully saturated rings. The van der Waals surface area contributed by atoms with Crippen molar-refractivity contribution in [2.75, 3.05) is 5.32 Å². The minimum absolute atomic E-state index is 0.0309. The monoisotopic (exact) mass is 289 g/mol. The van der Waals surface area contributed by atoms with Crippen molar-refractivity contribution in [2.24, 2.45) is 0 Å². The van der Waals surface area contributed by atoms with E-state index in [4.69, 9.17) is 4.74 Å². The molecule has 1 aliphatic heterocycles. The average molecular weight is 289 g/mol. The zero-order chi connectivity index (χ0) is 14.3. The highest BCUT2D eigenvalue weighted by molar-refractivity contribution is 5.41. The zero-order valence-electron chi connectivity index (χ0n) is 12.4. The van der Waals surface area contributed by atoms with Gasteiger partial charge in [0.2, 0.25) is 0 Å². The van der Waals surface area contributed by atoms with Crippen molar-refractivity contribution in [3.05, 3.63) is 22.6 Å². The summed E-state index contributed by atoms with van der Waals surface area (Å²) >= 11 is 0. The van der Waals surface area contributed by atoms with E-state index < -0.39 is 0 Å². The van der Waals surface area contributed by atoms with E-state index in [9.17, 15) is 4.79 Å². The molecular formula is C16H23N3O2. The van der Waals surface area contributed by atoms with E-state index in [2.05, 4.69) is 10.4 Å². The van der Waals surface area contributed by atoms with Crippen molar-refractivity contribution in [1.29, 1.82) is 0 Å². The summed E-state index contributed by atoms with van der Waals surface area (Å²) in [7, 11) is 0. The third kappa shape index (κ3) is 2.84. The van der Waals surface area contributed by atoms with Gasteiger partial charge in [0.1, 0.15) is 0 Å². The third-order valence-electron chi connectivity index (χ3n) is 5.05. The lowest BCUT2D eigenvalue weighted by molar-refractivity contribution is -0.0433. The van der Waals surface area contributed by atoms with Crippen molar-refractivity contribution < 1.29 is 4.74 Å². The number of anilines is 1. The SMILES string of the molecule is O=c1cc(NC2CC2)cnn1CC1CCC2(CCCC2)O1. The molecule has 1 aromatic rings. The highest BCUT2D eigenvalue weighted by atomic mass is 16.5. The molecule has 1 N–H and O–H groups in total. The van der Waals surface area contributed by atoms with Crippen molar-refractivity contribution >= 4 is 5.69 Å². The van der Waals surface area contributed by atoms with Crippen LogP contribution in [0.15, 0.2) is 17.1 Å². The molecule has 1 unspecified atom stereocenters. The number of nitrogens with one attached hydrogen (secondary N) is 1. The Morgan fingerprint density at radius 2 is 2.10 bits per heavy atom. The normalized spacial score (nSPS) is 27.3. The lowest BCUT2D eigenvalue weighted by Crippen LogP contribution is -2.31. The van der Waals surface area contributed by atoms with Crippen LogP contribution in [0.25, 0.3) is 0 Å². The molecule has 21 heavy (non-hydrogen) atoms. The summed E-state index contributed by atoms with van der Waals surface area (Å²) < 4.78 is 7.81. The van der Waals surface area contributed by atoms with Gasteiger partial charge in [0.05, 0.1) is 30.1 Å². The van der Waals surface area contributed by atoms with Crippen LogP contribution < -0.4 is 10.9 Å². The van der Waals surface area contributed by atoms with E-state index in [1.165, 1.54) is 38.5 Å². The molecule has 1 aromatic heterocycles. The van der Waals surface area contributed by atoms with Gasteiger partial charge in [0.15, 0.2) is 0 Å². The van der Waals surface area contributed by atoms with Crippen LogP contribution in [0.4, 0.5) is 5.69 Å². The van der Waals surface area contributed by atoms with Gasteiger partial charge in [-0.3, -0.25) is 4.79 Å². The lowest BCUT2D eigenvalue weighted by atomic mass is 9.98. The predicted octanol–water partition coefficient (Wildman–Crippen LogP) is 2.31. The Bertz CT molecular complexity index is 573. The summed E-state index contributed by atoms with van der Waals surface area (Å²) in [5, 5.41) is 7.61. The molecule has 1 saturated heterocycles. The zero-order valence-corrected chi connectivity index (χ0v) is 12.4. The smallest absolute Gasteiger partial charge is 0.268 e. The molecule has 4 rings (SSSR count). The first kappa shape index (κ1) is 13.3. The van der Waals surface area contributed by atoms with Gasteiger partial charge in [-0.25, -0.2) is 4.68 Å². The molecule has 2 aliphatic carbocycles. The molecular weight excluding hydrogens is 266 g/mol. The summed E-state index contributed by atoms with van der Waals surface area (Å²) in [6, 6.07) is 2.20. The van der Waals surface area contributed by atoms with Crippen LogP contribution in [0, 0.1) is 0 Å². The predicted molar refractivity (Wildman–Crippen MR) is 80.4 cm³/mol. The highest BCUT2D eigenvalue weighted by Crippen LogP contribution is 2.43. The van der Waals surface area contributed by atoms with Crippen LogP contribution in [0.5, 0.6) is 0 Å². The van der Waals surface area contributed by atoms with Crippen LogP contribution in [0.1, 0.15) is 51.4 Å². The van der Waals surface area contributed by atoms with Crippen LogP contribution in [-0.4, -0.2) is 27.5 Å². The summed E-state index contributed by atoms with van der Waals surface area (Å²) in [4.78, 5) is 12.1. The quantitative estimate of drug-likeness (QED) is 0.924. The van der Waals surface area contributed by atoms with Gasteiger partial charge in [0.25, 0.3) is 5.56 Å². The topological polar surface area (TPSA) is 56.2 Å². The summed E-state index contributed by atoms with van der Waals surface area (Å²) in [5.41, 5.74) is 0.942. The van der Waals surface area contributed by atoms with Gasteiger partial charge in [-0.1, -0.05) is 12.8 Å². The second-order valence-corrected chi connectivity index (χ2v) is 6.85. The Hall–Kier alpha value is -1.36. The fourth-order valence-electron chi connectivity index (χ4n) is 3.72. The minimum atomic E-state index is -0.0309. The Balaban J connectivity index is 1.41. The fourth-order valence-corrected chi connectivity index (χ4v) is 3.72. The number of aromatic nitrogens is 2. The summed E-state index contributed by atoms with van der Waals surface area (Å²) in [5.74, 6) is 0. The summed E-state index contributed by atoms with van der Waals surface area (Å²) in [6.07, 6.45) is 11.5. The number of rotatable bonds is 4. The van der Waals surface area contributed by atoms with E-state index in [0.717, 1.165) is 18.5 Å². The van der Waals surface area contributed by atoms with Gasteiger partial charge in [-0.15, -0.1) is 0 Å². The Morgan fingerprint density at radius 3 is 2.81 bits per heavy atom. The highest BCUT2D eigenvalue weighted by Gasteiger charge is 2.42. The molecule has 1 atom stereocenters. The second-order valence-electron chi connectivity index (χ2n) is 6.85. The number of hydrogen-bond donors (Lipinski definition) is 1. The van der Waals surface area contributed by atoms with E-state index in [1.54, 1.807) is 16.9 Å². The fraction of sp³-hybridized carbons (Fsp3) is 0.750. The van der Waals surface area contributed by atoms with E-state index in [1.807, 2.05) is 0 Å². The van der Waals surface area contributed by atoms with Crippen LogP contribution >= 0.6 is 0 Å². The average Bonchev–Trinajstić information content (AvgIpc) is 3.03. The maximum Gasteiger partial charge on any atom is 0.268 e. The maximum atomic E-state index is 12.1. The molecule has 114 valence electrons. The first-order valence-corrected chi connectivity index (χ1v) is 8.24. The largest absolute Gasteiger partial charge is 0.381 e. The van der Waals surface area contributed by atoms with E-state index in [-0.39, 0.29) is 17.3 Å². The van der Waals surface area contributed by atoms with Gasteiger partial charge >= 0.3 is 0 Å². The first-order valence-electron chi connectivity index (χ1n) is 8.24. The van der Waals surface area contributed by atoms with Gasteiger partial charge in [-0.2, -0.15) is 5.10 Å². The minimum Gasteiger partial charge on any atom is -0.381 e. The molecule has 5 heteroatoms. The molecule has 3 aliphatic rings. The Morgan fingerprint density at radius 1 is 1.29 bits per heavy atom. The van der Waals surface area contributed by atoms with Crippen molar-refractivity contribution in [2.45, 2.75) is 75.7 Å². The van der Waals surface area contributed by atoms with Crippen LogP contribution in [0.3, 0.4) is 0 Å². The maximum absolute atomic E-state index is 12.1. The Labute approximate surface area is 124 Å². The Kier molecular flexibility index (Phi) is 3.25. The number of nitrogens with zero attached hydrogens (tertiary/aromatic N) is 2. The van der Waals surface area contributed by atoms with E-state index in [0.29, 0.717) is 12.6 Å². The van der Waals surface area contributed by atoms with E-state index >= 15 is 0 Å². The molecule has 2 heterocycles. The molecule has 0 radical (unpaired) electrons.